The van der Waals surface area contributed by atoms with Gasteiger partial charge in [0.25, 0.3) is 0 Å². The lowest BCUT2D eigenvalue weighted by molar-refractivity contribution is -0.0262. The highest BCUT2D eigenvalue weighted by molar-refractivity contribution is 5.58. The zero-order valence-corrected chi connectivity index (χ0v) is 17.8. The molecule has 3 aromatic rings. The summed E-state index contributed by atoms with van der Waals surface area (Å²) in [6.45, 7) is 7.97. The SMILES string of the molecule is Cc1cc(N2CC[C@](C)(c3ccccc3)C2)cn2nc(C34CC(CN)(CO3)C4)nc12. The van der Waals surface area contributed by atoms with Crippen LogP contribution in [0, 0.1) is 12.3 Å². The minimum Gasteiger partial charge on any atom is -0.369 e. The fraction of sp³-hybridized carbons (Fsp3) is 0.500. The maximum absolute atomic E-state index is 6.14. The van der Waals surface area contributed by atoms with Crippen molar-refractivity contribution in [3.05, 3.63) is 59.5 Å². The third-order valence-electron chi connectivity index (χ3n) is 7.73. The van der Waals surface area contributed by atoms with E-state index in [0.717, 1.165) is 56.0 Å². The molecule has 30 heavy (non-hydrogen) atoms. The van der Waals surface area contributed by atoms with Crippen LogP contribution in [0.1, 0.15) is 43.1 Å². The average Bonchev–Trinajstić information content (AvgIpc) is 3.49. The average molecular weight is 404 g/mol. The van der Waals surface area contributed by atoms with Crippen molar-refractivity contribution in [1.82, 2.24) is 14.6 Å². The molecule has 7 rings (SSSR count). The predicted molar refractivity (Wildman–Crippen MR) is 117 cm³/mol. The van der Waals surface area contributed by atoms with Crippen molar-refractivity contribution in [3.8, 4) is 0 Å². The Kier molecular flexibility index (Phi) is 3.70. The number of nitrogens with two attached hydrogens (primary N) is 1. The fourth-order valence-corrected chi connectivity index (χ4v) is 5.84. The molecule has 2 aromatic heterocycles. The van der Waals surface area contributed by atoms with Gasteiger partial charge in [-0.15, -0.1) is 5.10 Å². The third kappa shape index (κ3) is 2.50. The Morgan fingerprint density at radius 2 is 2.00 bits per heavy atom. The van der Waals surface area contributed by atoms with Gasteiger partial charge in [0, 0.05) is 30.5 Å². The van der Waals surface area contributed by atoms with Gasteiger partial charge in [-0.25, -0.2) is 9.50 Å². The monoisotopic (exact) mass is 403 g/mol. The Bertz CT molecular complexity index is 1120. The lowest BCUT2D eigenvalue weighted by Gasteiger charge is -2.41. The number of pyridine rings is 1. The second-order valence-corrected chi connectivity index (χ2v) is 10.0. The summed E-state index contributed by atoms with van der Waals surface area (Å²) in [4.78, 5) is 7.36. The summed E-state index contributed by atoms with van der Waals surface area (Å²) in [5.74, 6) is 0.819. The van der Waals surface area contributed by atoms with Gasteiger partial charge in [0.2, 0.25) is 0 Å². The van der Waals surface area contributed by atoms with E-state index in [9.17, 15) is 0 Å². The number of rotatable bonds is 4. The molecule has 0 radical (unpaired) electrons. The lowest BCUT2D eigenvalue weighted by Crippen LogP contribution is -2.46. The van der Waals surface area contributed by atoms with Gasteiger partial charge in [0.05, 0.1) is 18.5 Å². The molecule has 6 nitrogen and oxygen atoms in total. The molecule has 1 atom stereocenters. The van der Waals surface area contributed by atoms with Crippen LogP contribution >= 0.6 is 0 Å². The van der Waals surface area contributed by atoms with Crippen LogP contribution in [0.5, 0.6) is 0 Å². The van der Waals surface area contributed by atoms with E-state index in [0.29, 0.717) is 6.54 Å². The molecule has 0 unspecified atom stereocenters. The third-order valence-corrected chi connectivity index (χ3v) is 7.73. The van der Waals surface area contributed by atoms with Crippen LogP contribution < -0.4 is 10.6 Å². The number of ether oxygens (including phenoxy) is 1. The van der Waals surface area contributed by atoms with E-state index in [1.165, 1.54) is 11.3 Å². The normalized spacial score (nSPS) is 32.7. The van der Waals surface area contributed by atoms with Crippen LogP contribution in [-0.2, 0) is 15.8 Å². The number of aromatic nitrogens is 3. The van der Waals surface area contributed by atoms with Crippen molar-refractivity contribution in [3.63, 3.8) is 0 Å². The highest BCUT2D eigenvalue weighted by atomic mass is 16.5. The van der Waals surface area contributed by atoms with Gasteiger partial charge in [-0.05, 0) is 43.4 Å². The second kappa shape index (κ2) is 6.05. The summed E-state index contributed by atoms with van der Waals surface area (Å²) in [6, 6.07) is 13.1. The van der Waals surface area contributed by atoms with Crippen molar-refractivity contribution in [2.45, 2.75) is 44.1 Å². The van der Waals surface area contributed by atoms with E-state index < -0.39 is 0 Å². The summed E-state index contributed by atoms with van der Waals surface area (Å²) in [6.07, 6.45) is 5.17. The molecular weight excluding hydrogens is 374 g/mol. The Morgan fingerprint density at radius 1 is 1.20 bits per heavy atom. The van der Waals surface area contributed by atoms with Crippen molar-refractivity contribution in [2.75, 3.05) is 31.1 Å². The molecule has 2 bridgehead atoms. The molecule has 6 heteroatoms. The summed E-state index contributed by atoms with van der Waals surface area (Å²) >= 11 is 0. The Hall–Kier alpha value is -2.44. The largest absolute Gasteiger partial charge is 0.369 e. The Labute approximate surface area is 177 Å². The number of benzene rings is 1. The maximum Gasteiger partial charge on any atom is 0.183 e. The molecular formula is C24H29N5O. The summed E-state index contributed by atoms with van der Waals surface area (Å²) < 4.78 is 8.10. The van der Waals surface area contributed by atoms with E-state index >= 15 is 0 Å². The van der Waals surface area contributed by atoms with Crippen molar-refractivity contribution in [2.24, 2.45) is 11.1 Å². The minimum atomic E-state index is -0.322. The highest BCUT2D eigenvalue weighted by Crippen LogP contribution is 2.61. The van der Waals surface area contributed by atoms with Crippen LogP contribution in [0.2, 0.25) is 0 Å². The van der Waals surface area contributed by atoms with Crippen LogP contribution in [0.25, 0.3) is 5.65 Å². The molecule has 1 aliphatic carbocycles. The molecule has 0 spiro atoms. The molecule has 3 aliphatic heterocycles. The quantitative estimate of drug-likeness (QED) is 0.725. The van der Waals surface area contributed by atoms with Crippen molar-refractivity contribution in [1.29, 1.82) is 0 Å². The predicted octanol–water partition coefficient (Wildman–Crippen LogP) is 3.17. The van der Waals surface area contributed by atoms with Crippen molar-refractivity contribution >= 4 is 11.3 Å². The molecule has 3 saturated heterocycles. The van der Waals surface area contributed by atoms with E-state index in [1.807, 2.05) is 4.52 Å². The molecule has 4 aliphatic rings. The molecule has 4 fully saturated rings. The van der Waals surface area contributed by atoms with Crippen molar-refractivity contribution < 1.29 is 4.74 Å². The van der Waals surface area contributed by atoms with E-state index in [-0.39, 0.29) is 16.4 Å². The lowest BCUT2D eigenvalue weighted by atomic mass is 9.62. The van der Waals surface area contributed by atoms with Gasteiger partial charge < -0.3 is 15.4 Å². The number of hydrogen-bond donors (Lipinski definition) is 1. The first-order valence-corrected chi connectivity index (χ1v) is 11.0. The van der Waals surface area contributed by atoms with Crippen LogP contribution in [0.15, 0.2) is 42.6 Å². The van der Waals surface area contributed by atoms with Crippen LogP contribution in [0.4, 0.5) is 5.69 Å². The van der Waals surface area contributed by atoms with E-state index in [2.05, 4.69) is 61.3 Å². The highest BCUT2D eigenvalue weighted by Gasteiger charge is 2.64. The van der Waals surface area contributed by atoms with E-state index in [4.69, 9.17) is 20.6 Å². The topological polar surface area (TPSA) is 68.7 Å². The Morgan fingerprint density at radius 3 is 2.73 bits per heavy atom. The summed E-state index contributed by atoms with van der Waals surface area (Å²) in [5.41, 5.74) is 10.7. The van der Waals surface area contributed by atoms with Crippen LogP contribution in [-0.4, -0.2) is 40.8 Å². The second-order valence-electron chi connectivity index (χ2n) is 10.0. The molecule has 1 aromatic carbocycles. The first-order chi connectivity index (χ1) is 14.4. The van der Waals surface area contributed by atoms with Crippen LogP contribution in [0.3, 0.4) is 0 Å². The smallest absolute Gasteiger partial charge is 0.183 e. The fourth-order valence-electron chi connectivity index (χ4n) is 5.84. The zero-order valence-electron chi connectivity index (χ0n) is 17.8. The molecule has 2 N–H and O–H groups in total. The number of fused-ring (bicyclic) bond motifs is 2. The maximum atomic E-state index is 6.14. The molecule has 156 valence electrons. The van der Waals surface area contributed by atoms with Gasteiger partial charge in [0.15, 0.2) is 11.5 Å². The van der Waals surface area contributed by atoms with Gasteiger partial charge in [0.1, 0.15) is 5.60 Å². The summed E-state index contributed by atoms with van der Waals surface area (Å²) in [5, 5.41) is 4.87. The number of hydrogen-bond acceptors (Lipinski definition) is 5. The number of aryl methyl sites for hydroxylation is 1. The molecule has 1 saturated carbocycles. The molecule has 0 amide bonds. The molecule has 5 heterocycles. The zero-order chi connectivity index (χ0) is 20.6. The standard InChI is InChI=1S/C24H29N5O/c1-17-10-19(28-9-8-22(2,15-28)18-6-4-3-5-7-18)11-29-20(17)26-21(27-29)24-12-23(13-24,14-25)16-30-24/h3-7,10-11H,8-9,12-16,25H2,1-2H3/t22-,23?,24?/m0/s1. The summed E-state index contributed by atoms with van der Waals surface area (Å²) in [7, 11) is 0. The Balaban J connectivity index is 1.31. The van der Waals surface area contributed by atoms with Gasteiger partial charge in [-0.2, -0.15) is 0 Å². The number of anilines is 1. The first kappa shape index (κ1) is 18.3. The first-order valence-electron chi connectivity index (χ1n) is 11.0. The van der Waals surface area contributed by atoms with Gasteiger partial charge >= 0.3 is 0 Å². The number of nitrogens with zero attached hydrogens (tertiary/aromatic N) is 4. The minimum absolute atomic E-state index is 0.148. The van der Waals surface area contributed by atoms with Gasteiger partial charge in [-0.3, -0.25) is 0 Å². The van der Waals surface area contributed by atoms with E-state index in [1.54, 1.807) is 0 Å². The van der Waals surface area contributed by atoms with Gasteiger partial charge in [-0.1, -0.05) is 37.3 Å².